The van der Waals surface area contributed by atoms with Crippen molar-refractivity contribution >= 4 is 34.3 Å². The first-order valence-corrected chi connectivity index (χ1v) is 8.84. The van der Waals surface area contributed by atoms with E-state index in [1.165, 1.54) is 0 Å². The van der Waals surface area contributed by atoms with Crippen molar-refractivity contribution in [3.05, 3.63) is 33.4 Å². The summed E-state index contributed by atoms with van der Waals surface area (Å²) in [4.78, 5) is 27.0. The van der Waals surface area contributed by atoms with E-state index in [1.54, 1.807) is 0 Å². The number of hydrogen-bond donors (Lipinski definition) is 0. The molecule has 1 saturated heterocycles. The van der Waals surface area contributed by atoms with Crippen LogP contribution in [0, 0.1) is 9.49 Å². The summed E-state index contributed by atoms with van der Waals surface area (Å²) in [6.45, 7) is 0.790. The monoisotopic (exact) mass is 397 g/mol. The standard InChI is InChI=1S/C17H20INO2/c18-14-8-2-1-6-12(14)17(21)19-11-4-3-9-15(19)13-7-5-10-16(13)20/h1-2,6,8,13,15H,3-5,7,9-11H2. The number of carbonyl (C=O) groups excluding carboxylic acids is 2. The molecule has 2 fully saturated rings. The zero-order valence-electron chi connectivity index (χ0n) is 12.1. The van der Waals surface area contributed by atoms with Gasteiger partial charge < -0.3 is 4.90 Å². The number of rotatable bonds is 2. The Labute approximate surface area is 139 Å². The number of carbonyl (C=O) groups is 2. The first-order chi connectivity index (χ1) is 10.2. The number of nitrogens with zero attached hydrogens (tertiary/aromatic N) is 1. The topological polar surface area (TPSA) is 37.4 Å². The predicted octanol–water partition coefficient (Wildman–Crippen LogP) is 3.66. The van der Waals surface area contributed by atoms with E-state index in [9.17, 15) is 9.59 Å². The average Bonchev–Trinajstić information content (AvgIpc) is 2.93. The van der Waals surface area contributed by atoms with Gasteiger partial charge in [-0.3, -0.25) is 9.59 Å². The number of Topliss-reactive ketones (excluding diaryl/α,β-unsaturated/α-hetero) is 1. The second kappa shape index (κ2) is 6.46. The zero-order chi connectivity index (χ0) is 14.8. The highest BCUT2D eigenvalue weighted by molar-refractivity contribution is 14.1. The molecule has 4 heteroatoms. The molecule has 1 amide bonds. The van der Waals surface area contributed by atoms with E-state index < -0.39 is 0 Å². The third kappa shape index (κ3) is 3.00. The molecule has 1 aliphatic carbocycles. The van der Waals surface area contributed by atoms with E-state index >= 15 is 0 Å². The third-order valence-electron chi connectivity index (χ3n) is 4.73. The van der Waals surface area contributed by atoms with Crippen LogP contribution in [0.15, 0.2) is 24.3 Å². The lowest BCUT2D eigenvalue weighted by Gasteiger charge is -2.39. The Morgan fingerprint density at radius 3 is 2.67 bits per heavy atom. The quantitative estimate of drug-likeness (QED) is 0.715. The molecule has 2 aliphatic rings. The zero-order valence-corrected chi connectivity index (χ0v) is 14.2. The van der Waals surface area contributed by atoms with Crippen LogP contribution in [-0.4, -0.2) is 29.2 Å². The van der Waals surface area contributed by atoms with E-state index in [0.717, 1.165) is 47.8 Å². The van der Waals surface area contributed by atoms with Gasteiger partial charge in [0.25, 0.3) is 5.91 Å². The van der Waals surface area contributed by atoms with E-state index in [1.807, 2.05) is 29.2 Å². The van der Waals surface area contributed by atoms with Crippen molar-refractivity contribution in [3.8, 4) is 0 Å². The summed E-state index contributed by atoms with van der Waals surface area (Å²) in [5.74, 6) is 0.544. The molecule has 112 valence electrons. The fraction of sp³-hybridized carbons (Fsp3) is 0.529. The Hall–Kier alpha value is -0.910. The molecule has 1 heterocycles. The van der Waals surface area contributed by atoms with Gasteiger partial charge in [-0.2, -0.15) is 0 Å². The van der Waals surface area contributed by atoms with Crippen molar-refractivity contribution < 1.29 is 9.59 Å². The molecule has 21 heavy (non-hydrogen) atoms. The largest absolute Gasteiger partial charge is 0.335 e. The van der Waals surface area contributed by atoms with Crippen molar-refractivity contribution in [2.45, 2.75) is 44.6 Å². The fourth-order valence-electron chi connectivity index (χ4n) is 3.67. The van der Waals surface area contributed by atoms with Crippen LogP contribution >= 0.6 is 22.6 Å². The van der Waals surface area contributed by atoms with Gasteiger partial charge in [-0.05, 0) is 66.8 Å². The first kappa shape index (κ1) is 15.0. The van der Waals surface area contributed by atoms with Crippen LogP contribution in [0.5, 0.6) is 0 Å². The molecule has 1 aliphatic heterocycles. The van der Waals surface area contributed by atoms with Crippen LogP contribution in [0.2, 0.25) is 0 Å². The van der Waals surface area contributed by atoms with Gasteiger partial charge in [0.05, 0.1) is 5.56 Å². The predicted molar refractivity (Wildman–Crippen MR) is 90.2 cm³/mol. The minimum atomic E-state index is 0.0793. The highest BCUT2D eigenvalue weighted by atomic mass is 127. The van der Waals surface area contributed by atoms with E-state index in [0.29, 0.717) is 12.2 Å². The third-order valence-corrected chi connectivity index (χ3v) is 5.67. The van der Waals surface area contributed by atoms with Gasteiger partial charge in [0.2, 0.25) is 0 Å². The molecule has 1 aromatic carbocycles. The van der Waals surface area contributed by atoms with Gasteiger partial charge in [-0.25, -0.2) is 0 Å². The molecule has 3 nitrogen and oxygen atoms in total. The maximum Gasteiger partial charge on any atom is 0.255 e. The van der Waals surface area contributed by atoms with Crippen LogP contribution in [-0.2, 0) is 4.79 Å². The van der Waals surface area contributed by atoms with Crippen LogP contribution in [0.1, 0.15) is 48.9 Å². The molecule has 0 N–H and O–H groups in total. The second-order valence-corrected chi connectivity index (χ2v) is 7.17. The van der Waals surface area contributed by atoms with Gasteiger partial charge in [-0.15, -0.1) is 0 Å². The first-order valence-electron chi connectivity index (χ1n) is 7.76. The molecule has 2 unspecified atom stereocenters. The molecule has 1 saturated carbocycles. The van der Waals surface area contributed by atoms with Gasteiger partial charge in [-0.1, -0.05) is 12.1 Å². The number of amides is 1. The maximum atomic E-state index is 12.9. The Balaban J connectivity index is 1.86. The average molecular weight is 397 g/mol. The Morgan fingerprint density at radius 1 is 1.14 bits per heavy atom. The van der Waals surface area contributed by atoms with E-state index in [4.69, 9.17) is 0 Å². The molecule has 2 atom stereocenters. The Morgan fingerprint density at radius 2 is 1.95 bits per heavy atom. The smallest absolute Gasteiger partial charge is 0.255 e. The number of halogens is 1. The fourth-order valence-corrected chi connectivity index (χ4v) is 4.28. The normalized spacial score (nSPS) is 26.1. The summed E-state index contributed by atoms with van der Waals surface area (Å²) < 4.78 is 0.988. The molecule has 0 bridgehead atoms. The SMILES string of the molecule is O=C1CCCC1C1CCCCN1C(=O)c1ccccc1I. The Bertz CT molecular complexity index is 557. The highest BCUT2D eigenvalue weighted by Gasteiger charge is 2.39. The molecule has 1 aromatic rings. The van der Waals surface area contributed by atoms with E-state index in [-0.39, 0.29) is 17.9 Å². The lowest BCUT2D eigenvalue weighted by Crippen LogP contribution is -2.48. The van der Waals surface area contributed by atoms with Crippen LogP contribution in [0.25, 0.3) is 0 Å². The number of hydrogen-bond acceptors (Lipinski definition) is 2. The molecule has 3 rings (SSSR count). The van der Waals surface area contributed by atoms with Crippen LogP contribution < -0.4 is 0 Å². The second-order valence-electron chi connectivity index (χ2n) is 6.01. The van der Waals surface area contributed by atoms with Crippen molar-refractivity contribution in [2.75, 3.05) is 6.54 Å². The summed E-state index contributed by atoms with van der Waals surface area (Å²) in [7, 11) is 0. The summed E-state index contributed by atoms with van der Waals surface area (Å²) in [6, 6.07) is 7.85. The van der Waals surface area contributed by atoms with Crippen molar-refractivity contribution in [3.63, 3.8) is 0 Å². The van der Waals surface area contributed by atoms with Crippen LogP contribution in [0.4, 0.5) is 0 Å². The molecule has 0 spiro atoms. The van der Waals surface area contributed by atoms with Crippen molar-refractivity contribution in [2.24, 2.45) is 5.92 Å². The summed E-state index contributed by atoms with van der Waals surface area (Å²) in [6.07, 6.45) is 5.80. The van der Waals surface area contributed by atoms with Gasteiger partial charge in [0.15, 0.2) is 0 Å². The number of benzene rings is 1. The van der Waals surface area contributed by atoms with E-state index in [2.05, 4.69) is 22.6 Å². The van der Waals surface area contributed by atoms with Crippen LogP contribution in [0.3, 0.4) is 0 Å². The van der Waals surface area contributed by atoms with Crippen molar-refractivity contribution in [1.29, 1.82) is 0 Å². The minimum absolute atomic E-state index is 0.0793. The molecule has 0 aromatic heterocycles. The number of piperidine rings is 1. The summed E-state index contributed by atoms with van der Waals surface area (Å²) >= 11 is 2.22. The summed E-state index contributed by atoms with van der Waals surface area (Å²) in [5.41, 5.74) is 0.774. The lowest BCUT2D eigenvalue weighted by atomic mass is 9.88. The molecular weight excluding hydrogens is 377 g/mol. The van der Waals surface area contributed by atoms with Gasteiger partial charge in [0.1, 0.15) is 5.78 Å². The Kier molecular flexibility index (Phi) is 4.62. The maximum absolute atomic E-state index is 12.9. The summed E-state index contributed by atoms with van der Waals surface area (Å²) in [5, 5.41) is 0. The number of ketones is 1. The van der Waals surface area contributed by atoms with Crippen molar-refractivity contribution in [1.82, 2.24) is 4.90 Å². The molecular formula is C17H20INO2. The minimum Gasteiger partial charge on any atom is -0.335 e. The number of likely N-dealkylation sites (tertiary alicyclic amines) is 1. The van der Waals surface area contributed by atoms with Gasteiger partial charge in [0, 0.05) is 28.5 Å². The van der Waals surface area contributed by atoms with Gasteiger partial charge >= 0.3 is 0 Å². The lowest BCUT2D eigenvalue weighted by molar-refractivity contribution is -0.122. The highest BCUT2D eigenvalue weighted by Crippen LogP contribution is 2.33. The molecule has 0 radical (unpaired) electrons.